The quantitative estimate of drug-likeness (QED) is 0.0958. The van der Waals surface area contributed by atoms with Crippen LogP contribution in [0.25, 0.3) is 21.9 Å². The molecule has 0 atom stereocenters. The Morgan fingerprint density at radius 1 is 0.390 bits per heavy atom. The van der Waals surface area contributed by atoms with Gasteiger partial charge in [0.05, 0.1) is 5.69 Å². The smallest absolute Gasteiger partial charge is 0.252 e. The molecule has 0 aliphatic carbocycles. The normalized spacial score (nSPS) is 12.8. The monoisotopic (exact) mass is 770 g/mol. The lowest BCUT2D eigenvalue weighted by Gasteiger charge is -2.44. The molecule has 0 amide bonds. The van der Waals surface area contributed by atoms with Gasteiger partial charge in [-0.15, -0.1) is 0 Å². The lowest BCUT2D eigenvalue weighted by atomic mass is 9.33. The number of anilines is 6. The number of rotatable bonds is 15. The Labute approximate surface area is 354 Å². The molecule has 0 bridgehead atoms. The molecule has 7 aromatic carbocycles. The number of aryl methyl sites for hydroxylation is 4. The van der Waals surface area contributed by atoms with Crippen molar-refractivity contribution in [2.24, 2.45) is 0 Å². The van der Waals surface area contributed by atoms with Crippen LogP contribution in [0, 0.1) is 0 Å². The zero-order valence-corrected chi connectivity index (χ0v) is 35.7. The maximum Gasteiger partial charge on any atom is 0.252 e. The molecular weight excluding hydrogens is 711 g/mol. The van der Waals surface area contributed by atoms with Gasteiger partial charge in [-0.05, 0) is 161 Å². The van der Waals surface area contributed by atoms with Crippen LogP contribution < -0.4 is 26.2 Å². The predicted octanol–water partition coefficient (Wildman–Crippen LogP) is 14.0. The summed E-state index contributed by atoms with van der Waals surface area (Å²) in [6, 6.07) is 54.5. The number of nitrogens with zero attached hydrogens (tertiary/aromatic N) is 2. The summed E-state index contributed by atoms with van der Waals surface area (Å²) in [7, 11) is 0. The van der Waals surface area contributed by atoms with Crippen LogP contribution in [0.15, 0.2) is 140 Å². The van der Waals surface area contributed by atoms with Crippen LogP contribution in [0.5, 0.6) is 0 Å². The van der Waals surface area contributed by atoms with E-state index in [0.717, 1.165) is 25.7 Å². The van der Waals surface area contributed by atoms with E-state index in [1.807, 2.05) is 0 Å². The largest absolute Gasteiger partial charge is 0.311 e. The van der Waals surface area contributed by atoms with Crippen molar-refractivity contribution < 1.29 is 0 Å². The van der Waals surface area contributed by atoms with E-state index in [2.05, 4.69) is 177 Å². The molecule has 0 saturated heterocycles. The van der Waals surface area contributed by atoms with Crippen LogP contribution in [0.2, 0.25) is 0 Å². The minimum absolute atomic E-state index is 0.124. The zero-order chi connectivity index (χ0) is 40.3. The Balaban J connectivity index is 1.30. The van der Waals surface area contributed by atoms with Gasteiger partial charge in [0.2, 0.25) is 0 Å². The van der Waals surface area contributed by atoms with Crippen molar-refractivity contribution in [1.82, 2.24) is 0 Å². The average Bonchev–Trinajstić information content (AvgIpc) is 3.28. The molecule has 2 aliphatic heterocycles. The first-order valence-electron chi connectivity index (χ1n) is 22.8. The summed E-state index contributed by atoms with van der Waals surface area (Å²) in [4.78, 5) is 5.19. The molecule has 0 aromatic heterocycles. The molecule has 0 saturated carbocycles. The third kappa shape index (κ3) is 7.50. The molecule has 59 heavy (non-hydrogen) atoms. The molecule has 2 heterocycles. The van der Waals surface area contributed by atoms with Crippen LogP contribution in [0.4, 0.5) is 34.1 Å². The molecule has 0 N–H and O–H groups in total. The highest BCUT2D eigenvalue weighted by Gasteiger charge is 2.43. The minimum Gasteiger partial charge on any atom is -0.311 e. The molecule has 0 unspecified atom stereocenters. The molecule has 0 spiro atoms. The van der Waals surface area contributed by atoms with E-state index in [-0.39, 0.29) is 6.71 Å². The Morgan fingerprint density at radius 3 is 1.51 bits per heavy atom. The third-order valence-electron chi connectivity index (χ3n) is 13.0. The van der Waals surface area contributed by atoms with Crippen LogP contribution in [-0.4, -0.2) is 6.71 Å². The standard InChI is InChI=1S/C56H59BN2/c1-5-9-16-40-24-31-47(32-25-40)58-52-34-27-42(18-11-7-3)37-49(52)57-50-38-43(19-12-8-4)28-35-53(50)59(55-23-15-22-54(58)56(55)57)51-33-26-41(17-10-6-2)36-48(51)46-30-29-44-20-13-14-21-45(44)39-46/h13-15,20-39H,5-12,16-19H2,1-4H3. The van der Waals surface area contributed by atoms with Gasteiger partial charge in [0, 0.05) is 34.0 Å². The Morgan fingerprint density at radius 2 is 0.898 bits per heavy atom. The highest BCUT2D eigenvalue weighted by atomic mass is 15.2. The van der Waals surface area contributed by atoms with Gasteiger partial charge >= 0.3 is 0 Å². The van der Waals surface area contributed by atoms with Crippen LogP contribution in [0.3, 0.4) is 0 Å². The van der Waals surface area contributed by atoms with Crippen molar-refractivity contribution in [3.63, 3.8) is 0 Å². The van der Waals surface area contributed by atoms with Crippen molar-refractivity contribution >= 4 is 68.0 Å². The third-order valence-corrected chi connectivity index (χ3v) is 13.0. The Hall–Kier alpha value is -5.54. The van der Waals surface area contributed by atoms with Crippen molar-refractivity contribution in [3.05, 3.63) is 162 Å². The predicted molar refractivity (Wildman–Crippen MR) is 258 cm³/mol. The molecule has 0 fully saturated rings. The van der Waals surface area contributed by atoms with Crippen molar-refractivity contribution in [2.45, 2.75) is 105 Å². The average molecular weight is 771 g/mol. The van der Waals surface area contributed by atoms with Crippen LogP contribution in [-0.2, 0) is 25.7 Å². The van der Waals surface area contributed by atoms with Gasteiger partial charge in [-0.25, -0.2) is 0 Å². The lowest BCUT2D eigenvalue weighted by Crippen LogP contribution is -2.61. The SMILES string of the molecule is CCCCc1ccc(N2c3ccc(CCCC)cc3B3c4cc(CCCC)ccc4N(c4ccc(CCCC)cc4-c4ccc5ccccc5c4)c4cccc2c43)cc1. The lowest BCUT2D eigenvalue weighted by molar-refractivity contribution is 0.795. The van der Waals surface area contributed by atoms with Gasteiger partial charge in [0.25, 0.3) is 6.71 Å². The van der Waals surface area contributed by atoms with Crippen molar-refractivity contribution in [2.75, 3.05) is 9.80 Å². The van der Waals surface area contributed by atoms with Gasteiger partial charge in [-0.3, -0.25) is 0 Å². The molecule has 0 radical (unpaired) electrons. The Bertz CT molecular complexity index is 2590. The van der Waals surface area contributed by atoms with E-state index < -0.39 is 0 Å². The van der Waals surface area contributed by atoms with Crippen molar-refractivity contribution in [3.8, 4) is 11.1 Å². The number of hydrogen-bond donors (Lipinski definition) is 0. The van der Waals surface area contributed by atoms with E-state index in [0.29, 0.717) is 0 Å². The number of benzene rings is 7. The van der Waals surface area contributed by atoms with Gasteiger partial charge in [-0.1, -0.05) is 138 Å². The molecule has 2 aliphatic rings. The zero-order valence-electron chi connectivity index (χ0n) is 35.7. The first-order valence-corrected chi connectivity index (χ1v) is 22.8. The van der Waals surface area contributed by atoms with E-state index in [9.17, 15) is 0 Å². The van der Waals surface area contributed by atoms with Gasteiger partial charge in [0.15, 0.2) is 0 Å². The van der Waals surface area contributed by atoms with E-state index in [4.69, 9.17) is 0 Å². The molecular formula is C56H59BN2. The fourth-order valence-electron chi connectivity index (χ4n) is 9.75. The second kappa shape index (κ2) is 17.4. The molecule has 9 rings (SSSR count). The summed E-state index contributed by atoms with van der Waals surface area (Å²) in [5.41, 5.74) is 20.1. The Kier molecular flexibility index (Phi) is 11.5. The van der Waals surface area contributed by atoms with E-state index in [1.165, 1.54) is 146 Å². The summed E-state index contributed by atoms with van der Waals surface area (Å²) in [5, 5.41) is 2.55. The van der Waals surface area contributed by atoms with E-state index in [1.54, 1.807) is 0 Å². The van der Waals surface area contributed by atoms with Gasteiger partial charge in [-0.2, -0.15) is 0 Å². The second-order valence-electron chi connectivity index (χ2n) is 17.1. The summed E-state index contributed by atoms with van der Waals surface area (Å²) in [6.07, 6.45) is 14.0. The summed E-state index contributed by atoms with van der Waals surface area (Å²) < 4.78 is 0. The molecule has 296 valence electrons. The summed E-state index contributed by atoms with van der Waals surface area (Å²) in [6.45, 7) is 9.31. The number of unbranched alkanes of at least 4 members (excludes halogenated alkanes) is 4. The minimum atomic E-state index is 0.124. The molecule has 7 aromatic rings. The van der Waals surface area contributed by atoms with Gasteiger partial charge < -0.3 is 9.80 Å². The number of fused-ring (bicyclic) bond motifs is 5. The second-order valence-corrected chi connectivity index (χ2v) is 17.1. The van der Waals surface area contributed by atoms with E-state index >= 15 is 0 Å². The van der Waals surface area contributed by atoms with Crippen LogP contribution in [0.1, 0.15) is 101 Å². The summed E-state index contributed by atoms with van der Waals surface area (Å²) >= 11 is 0. The van der Waals surface area contributed by atoms with Gasteiger partial charge in [0.1, 0.15) is 0 Å². The fourth-order valence-corrected chi connectivity index (χ4v) is 9.75. The van der Waals surface area contributed by atoms with Crippen molar-refractivity contribution in [1.29, 1.82) is 0 Å². The molecule has 2 nitrogen and oxygen atoms in total. The first-order chi connectivity index (χ1) is 29.1. The summed E-state index contributed by atoms with van der Waals surface area (Å²) in [5.74, 6) is 0. The maximum atomic E-state index is 2.63. The van der Waals surface area contributed by atoms with Crippen LogP contribution >= 0.6 is 0 Å². The maximum absolute atomic E-state index is 2.63. The fraction of sp³-hybridized carbons (Fsp3) is 0.286. The molecule has 3 heteroatoms. The highest BCUT2D eigenvalue weighted by Crippen LogP contribution is 2.47. The topological polar surface area (TPSA) is 6.48 Å². The number of hydrogen-bond acceptors (Lipinski definition) is 2. The highest BCUT2D eigenvalue weighted by molar-refractivity contribution is 7.00. The first kappa shape index (κ1) is 39.0.